The minimum atomic E-state index is -0.0544. The van der Waals surface area contributed by atoms with Crippen LogP contribution in [-0.2, 0) is 0 Å². The summed E-state index contributed by atoms with van der Waals surface area (Å²) in [5.41, 5.74) is 1.25. The summed E-state index contributed by atoms with van der Waals surface area (Å²) in [6.07, 6.45) is 0.974. The van der Waals surface area contributed by atoms with Crippen LogP contribution in [0.4, 0.5) is 0 Å². The molecule has 1 N–H and O–H groups in total. The van der Waals surface area contributed by atoms with E-state index in [0.717, 1.165) is 30.1 Å². The molecule has 24 heavy (non-hydrogen) atoms. The Bertz CT molecular complexity index is 704. The van der Waals surface area contributed by atoms with Crippen LogP contribution < -0.4 is 5.32 Å². The van der Waals surface area contributed by atoms with Crippen molar-refractivity contribution in [1.29, 1.82) is 0 Å². The van der Waals surface area contributed by atoms with Gasteiger partial charge in [-0.3, -0.25) is 4.79 Å². The topological polar surface area (TPSA) is 45.2 Å². The van der Waals surface area contributed by atoms with Gasteiger partial charge in [0.25, 0.3) is 5.91 Å². The maximum atomic E-state index is 12.5. The van der Waals surface area contributed by atoms with Gasteiger partial charge in [0.15, 0.2) is 0 Å². The van der Waals surface area contributed by atoms with Crippen molar-refractivity contribution in [3.63, 3.8) is 0 Å². The molecule has 1 atom stereocenters. The number of halogens is 4. The van der Waals surface area contributed by atoms with Gasteiger partial charge in [0.05, 0.1) is 5.02 Å². The van der Waals surface area contributed by atoms with Crippen LogP contribution in [0.1, 0.15) is 16.9 Å². The van der Waals surface area contributed by atoms with Crippen molar-refractivity contribution in [2.24, 2.45) is 0 Å². The average Bonchev–Trinajstić information content (AvgIpc) is 3.17. The molecule has 1 fully saturated rings. The number of carbonyl (C=O) groups is 1. The monoisotopic (exact) mass is 427 g/mol. The molecule has 2 heterocycles. The van der Waals surface area contributed by atoms with Crippen LogP contribution in [-0.4, -0.2) is 42.0 Å². The van der Waals surface area contributed by atoms with E-state index < -0.39 is 0 Å². The predicted octanol–water partition coefficient (Wildman–Crippen LogP) is 4.39. The van der Waals surface area contributed by atoms with Crippen LogP contribution >= 0.6 is 59.4 Å². The molecular formula is C15H17Cl4N3OS. The molecule has 132 valence electrons. The van der Waals surface area contributed by atoms with Crippen LogP contribution in [0, 0.1) is 0 Å². The normalized spacial score (nSPS) is 16.2. The summed E-state index contributed by atoms with van der Waals surface area (Å²) >= 11 is 13.5. The zero-order valence-electron chi connectivity index (χ0n) is 12.8. The molecule has 4 nitrogen and oxygen atoms in total. The molecule has 1 aromatic heterocycles. The molecule has 2 aromatic rings. The molecular weight excluding hydrogens is 412 g/mol. The van der Waals surface area contributed by atoms with Crippen molar-refractivity contribution >= 4 is 65.3 Å². The number of carbonyl (C=O) groups excluding carboxylic acids is 1. The van der Waals surface area contributed by atoms with Crippen molar-refractivity contribution in [2.45, 2.75) is 12.5 Å². The Morgan fingerprint density at radius 1 is 1.38 bits per heavy atom. The highest BCUT2D eigenvalue weighted by molar-refractivity contribution is 7.13. The summed E-state index contributed by atoms with van der Waals surface area (Å²) in [5, 5.41) is 6.88. The van der Waals surface area contributed by atoms with E-state index in [-0.39, 0.29) is 36.8 Å². The van der Waals surface area contributed by atoms with Gasteiger partial charge in [0.1, 0.15) is 10.7 Å². The molecule has 1 aliphatic rings. The van der Waals surface area contributed by atoms with E-state index in [0.29, 0.717) is 15.7 Å². The lowest BCUT2D eigenvalue weighted by Gasteiger charge is -2.22. The number of thiazole rings is 1. The predicted molar refractivity (Wildman–Crippen MR) is 105 cm³/mol. The number of amides is 1. The molecule has 1 saturated heterocycles. The van der Waals surface area contributed by atoms with E-state index in [2.05, 4.69) is 10.3 Å². The Morgan fingerprint density at radius 2 is 2.12 bits per heavy atom. The van der Waals surface area contributed by atoms with Crippen molar-refractivity contribution in [1.82, 2.24) is 15.2 Å². The van der Waals surface area contributed by atoms with Crippen LogP contribution in [0.5, 0.6) is 0 Å². The maximum Gasteiger partial charge on any atom is 0.273 e. The summed E-state index contributed by atoms with van der Waals surface area (Å²) < 4.78 is 0. The van der Waals surface area contributed by atoms with Crippen LogP contribution in [0.25, 0.3) is 10.6 Å². The lowest BCUT2D eigenvalue weighted by atomic mass is 10.2. The molecule has 0 spiro atoms. The number of benzene rings is 1. The fraction of sp³-hybridized carbons (Fsp3) is 0.333. The number of nitrogens with zero attached hydrogens (tertiary/aromatic N) is 2. The van der Waals surface area contributed by atoms with Gasteiger partial charge in [-0.15, -0.1) is 36.2 Å². The first kappa shape index (κ1) is 21.5. The molecule has 1 aromatic carbocycles. The Hall–Kier alpha value is -0.560. The fourth-order valence-electron chi connectivity index (χ4n) is 2.48. The highest BCUT2D eigenvalue weighted by Gasteiger charge is 2.25. The number of aromatic nitrogens is 1. The molecule has 1 unspecified atom stereocenters. The number of rotatable bonds is 3. The lowest BCUT2D eigenvalue weighted by Crippen LogP contribution is -2.38. The number of hydrogen-bond acceptors (Lipinski definition) is 4. The lowest BCUT2D eigenvalue weighted by molar-refractivity contribution is 0.0739. The summed E-state index contributed by atoms with van der Waals surface area (Å²) in [6, 6.07) is 5.50. The molecule has 1 aliphatic heterocycles. The van der Waals surface area contributed by atoms with Crippen molar-refractivity contribution in [3.05, 3.63) is 39.3 Å². The number of nitrogens with one attached hydrogen (secondary N) is 1. The Labute approximate surface area is 167 Å². The van der Waals surface area contributed by atoms with E-state index in [9.17, 15) is 4.79 Å². The average molecular weight is 429 g/mol. The molecule has 0 radical (unpaired) electrons. The Morgan fingerprint density at radius 3 is 2.75 bits per heavy atom. The Balaban J connectivity index is 0.00000144. The van der Waals surface area contributed by atoms with Gasteiger partial charge in [0, 0.05) is 35.6 Å². The first-order valence-electron chi connectivity index (χ1n) is 6.95. The maximum absolute atomic E-state index is 12.5. The van der Waals surface area contributed by atoms with Gasteiger partial charge in [-0.1, -0.05) is 23.2 Å². The van der Waals surface area contributed by atoms with Crippen molar-refractivity contribution in [3.8, 4) is 10.6 Å². The van der Waals surface area contributed by atoms with Crippen molar-refractivity contribution in [2.75, 3.05) is 20.1 Å². The molecule has 3 rings (SSSR count). The number of hydrogen-bond donors (Lipinski definition) is 1. The molecule has 1 amide bonds. The zero-order valence-corrected chi connectivity index (χ0v) is 16.8. The van der Waals surface area contributed by atoms with Gasteiger partial charge in [-0.2, -0.15) is 0 Å². The SMILES string of the molecule is CN(C(=O)c1csc(-c2ccc(Cl)cc2Cl)n1)C1CCNC1.Cl.Cl. The smallest absolute Gasteiger partial charge is 0.273 e. The first-order valence-corrected chi connectivity index (χ1v) is 8.58. The summed E-state index contributed by atoms with van der Waals surface area (Å²) in [7, 11) is 1.83. The molecule has 0 saturated carbocycles. The van der Waals surface area contributed by atoms with E-state index in [1.807, 2.05) is 13.1 Å². The number of likely N-dealkylation sites (N-methyl/N-ethyl adjacent to an activating group) is 1. The summed E-state index contributed by atoms with van der Waals surface area (Å²) in [6.45, 7) is 1.78. The van der Waals surface area contributed by atoms with E-state index in [1.165, 1.54) is 11.3 Å². The third-order valence-corrected chi connectivity index (χ3v) is 5.21. The van der Waals surface area contributed by atoms with E-state index in [1.54, 1.807) is 22.4 Å². The summed E-state index contributed by atoms with van der Waals surface area (Å²) in [5.74, 6) is -0.0544. The van der Waals surface area contributed by atoms with Gasteiger partial charge in [-0.25, -0.2) is 4.98 Å². The summed E-state index contributed by atoms with van der Waals surface area (Å²) in [4.78, 5) is 18.7. The fourth-order valence-corrected chi connectivity index (χ4v) is 3.86. The highest BCUT2D eigenvalue weighted by atomic mass is 35.5. The molecule has 9 heteroatoms. The van der Waals surface area contributed by atoms with Gasteiger partial charge in [0.2, 0.25) is 0 Å². The highest BCUT2D eigenvalue weighted by Crippen LogP contribution is 2.32. The van der Waals surface area contributed by atoms with Crippen molar-refractivity contribution < 1.29 is 4.79 Å². The molecule has 0 aliphatic carbocycles. The van der Waals surface area contributed by atoms with Gasteiger partial charge < -0.3 is 10.2 Å². The second kappa shape index (κ2) is 9.22. The minimum absolute atomic E-state index is 0. The van der Waals surface area contributed by atoms with Crippen LogP contribution in [0.2, 0.25) is 10.0 Å². The second-order valence-electron chi connectivity index (χ2n) is 5.22. The van der Waals surface area contributed by atoms with Gasteiger partial charge in [-0.05, 0) is 31.2 Å². The third kappa shape index (κ3) is 4.54. The minimum Gasteiger partial charge on any atom is -0.336 e. The first-order chi connectivity index (χ1) is 10.6. The third-order valence-electron chi connectivity index (χ3n) is 3.79. The van der Waals surface area contributed by atoms with Gasteiger partial charge >= 0.3 is 0 Å². The van der Waals surface area contributed by atoms with E-state index in [4.69, 9.17) is 23.2 Å². The Kier molecular flexibility index (Phi) is 8.26. The standard InChI is InChI=1S/C15H15Cl2N3OS.2ClH/c1-20(10-4-5-18-7-10)15(21)13-8-22-14(19-13)11-3-2-9(16)6-12(11)17;;/h2-3,6,8,10,18H,4-5,7H2,1H3;2*1H. The quantitative estimate of drug-likeness (QED) is 0.788. The second-order valence-corrected chi connectivity index (χ2v) is 6.93. The van der Waals surface area contributed by atoms with E-state index >= 15 is 0 Å². The molecule has 0 bridgehead atoms. The largest absolute Gasteiger partial charge is 0.336 e. The van der Waals surface area contributed by atoms with Crippen LogP contribution in [0.3, 0.4) is 0 Å². The zero-order chi connectivity index (χ0) is 15.7. The van der Waals surface area contributed by atoms with Crippen LogP contribution in [0.15, 0.2) is 23.6 Å².